The molecule has 0 atom stereocenters. The predicted molar refractivity (Wildman–Crippen MR) is 143 cm³/mol. The molecular formula is C31H11F15N2O2. The van der Waals surface area contributed by atoms with Crippen LogP contribution in [0.2, 0.25) is 0 Å². The van der Waals surface area contributed by atoms with Crippen LogP contribution in [0.25, 0.3) is 55.6 Å². The van der Waals surface area contributed by atoms with E-state index in [1.165, 1.54) is 0 Å². The molecule has 0 N–H and O–H groups in total. The van der Waals surface area contributed by atoms with Crippen molar-refractivity contribution >= 4 is 22.2 Å². The molecule has 0 unspecified atom stereocenters. The first-order valence-electron chi connectivity index (χ1n) is 13.4. The average molecular weight is 728 g/mol. The van der Waals surface area contributed by atoms with E-state index in [-0.39, 0.29) is 18.2 Å². The molecule has 0 radical (unpaired) electrons. The number of hydrogen-bond donors (Lipinski definition) is 0. The summed E-state index contributed by atoms with van der Waals surface area (Å²) in [6.45, 7) is 0. The Balaban J connectivity index is 1.84. The number of oxazole rings is 2. The number of benzene rings is 4. The van der Waals surface area contributed by atoms with Gasteiger partial charge in [-0.25, -0.2) is 9.97 Å². The predicted octanol–water partition coefficient (Wildman–Crippen LogP) is 12.1. The van der Waals surface area contributed by atoms with Gasteiger partial charge in [0.1, 0.15) is 11.0 Å². The number of alkyl halides is 15. The topological polar surface area (TPSA) is 52.1 Å². The lowest BCUT2D eigenvalue weighted by Gasteiger charge is -2.23. The van der Waals surface area contributed by atoms with Gasteiger partial charge in [0.15, 0.2) is 24.0 Å². The molecule has 2 aromatic heterocycles. The van der Waals surface area contributed by atoms with Crippen LogP contribution >= 0.6 is 0 Å². The normalized spacial score (nSPS) is 13.5. The van der Waals surface area contributed by atoms with E-state index in [1.54, 1.807) is 0 Å². The molecule has 262 valence electrons. The summed E-state index contributed by atoms with van der Waals surface area (Å²) < 4.78 is 222. The summed E-state index contributed by atoms with van der Waals surface area (Å²) in [5, 5.41) is 0. The minimum absolute atomic E-state index is 0.00679. The quantitative estimate of drug-likeness (QED) is 0.170. The maximum absolute atomic E-state index is 14.6. The van der Waals surface area contributed by atoms with Gasteiger partial charge in [-0.05, 0) is 53.1 Å². The van der Waals surface area contributed by atoms with Crippen molar-refractivity contribution in [1.82, 2.24) is 9.97 Å². The number of fused-ring (bicyclic) bond motifs is 2. The van der Waals surface area contributed by atoms with Gasteiger partial charge in [-0.1, -0.05) is 18.2 Å². The van der Waals surface area contributed by atoms with E-state index in [0.717, 1.165) is 18.2 Å². The molecule has 2 heterocycles. The molecule has 19 heteroatoms. The lowest BCUT2D eigenvalue weighted by atomic mass is 9.85. The highest BCUT2D eigenvalue weighted by atomic mass is 19.4. The number of halogens is 15. The monoisotopic (exact) mass is 728 g/mol. The van der Waals surface area contributed by atoms with Crippen LogP contribution in [-0.2, 0) is 30.9 Å². The molecular weight excluding hydrogens is 717 g/mol. The van der Waals surface area contributed by atoms with Crippen LogP contribution in [-0.4, -0.2) is 9.97 Å². The maximum Gasteiger partial charge on any atom is 0.417 e. The third-order valence-electron chi connectivity index (χ3n) is 7.48. The minimum atomic E-state index is -5.85. The van der Waals surface area contributed by atoms with E-state index in [0.29, 0.717) is 18.9 Å². The van der Waals surface area contributed by atoms with Crippen LogP contribution in [0, 0.1) is 0 Å². The fourth-order valence-electron chi connectivity index (χ4n) is 5.50. The number of nitrogens with zero attached hydrogens (tertiary/aromatic N) is 2. The smallest absolute Gasteiger partial charge is 0.417 e. The minimum Gasteiger partial charge on any atom is -0.443 e. The molecule has 0 aliphatic rings. The van der Waals surface area contributed by atoms with E-state index in [2.05, 4.69) is 9.97 Å². The largest absolute Gasteiger partial charge is 0.443 e. The number of hydrogen-bond acceptors (Lipinski definition) is 4. The maximum atomic E-state index is 14.6. The van der Waals surface area contributed by atoms with Crippen molar-refractivity contribution in [3.8, 4) is 33.4 Å². The first kappa shape index (κ1) is 34.6. The van der Waals surface area contributed by atoms with Gasteiger partial charge >= 0.3 is 30.9 Å². The Morgan fingerprint density at radius 3 is 1.32 bits per heavy atom. The number of rotatable bonds is 3. The molecule has 0 saturated heterocycles. The standard InChI is InChI=1S/C31H11F15N2O2/c32-27(33,34)13-5-12(6-14(7-13)28(35,36)37)20-17(8-15(29(38,39)40)9-19(20)31(44,45)46)22-24-25(49-11-48-24)21(23-26(22)50-10-47-23)16-3-1-2-4-18(16)30(41,42)43/h1-11H. The zero-order valence-corrected chi connectivity index (χ0v) is 23.7. The summed E-state index contributed by atoms with van der Waals surface area (Å²) in [5.74, 6) is 0. The molecule has 0 fully saturated rings. The lowest BCUT2D eigenvalue weighted by Crippen LogP contribution is -2.15. The van der Waals surface area contributed by atoms with Gasteiger partial charge in [0.05, 0.1) is 38.9 Å². The number of aromatic nitrogens is 2. The highest BCUT2D eigenvalue weighted by Gasteiger charge is 2.43. The van der Waals surface area contributed by atoms with Gasteiger partial charge in [-0.2, -0.15) is 65.9 Å². The summed E-state index contributed by atoms with van der Waals surface area (Å²) in [5.41, 5.74) is -19.3. The van der Waals surface area contributed by atoms with Crippen LogP contribution in [0.4, 0.5) is 65.9 Å². The highest BCUT2D eigenvalue weighted by molar-refractivity contribution is 6.17. The van der Waals surface area contributed by atoms with Crippen LogP contribution in [0.5, 0.6) is 0 Å². The molecule has 6 rings (SSSR count). The third kappa shape index (κ3) is 5.97. The Morgan fingerprint density at radius 2 is 0.860 bits per heavy atom. The van der Waals surface area contributed by atoms with Gasteiger partial charge in [-0.15, -0.1) is 0 Å². The Labute approximate surface area is 266 Å². The van der Waals surface area contributed by atoms with Crippen molar-refractivity contribution in [2.24, 2.45) is 0 Å². The fourth-order valence-corrected chi connectivity index (χ4v) is 5.50. The highest BCUT2D eigenvalue weighted by Crippen LogP contribution is 2.52. The second-order valence-electron chi connectivity index (χ2n) is 10.6. The molecule has 0 spiro atoms. The Kier molecular flexibility index (Phi) is 7.72. The second-order valence-corrected chi connectivity index (χ2v) is 10.6. The summed E-state index contributed by atoms with van der Waals surface area (Å²) in [7, 11) is 0. The van der Waals surface area contributed by atoms with Crippen molar-refractivity contribution < 1.29 is 74.7 Å². The molecule has 0 amide bonds. The summed E-state index contributed by atoms with van der Waals surface area (Å²) in [4.78, 5) is 7.58. The second kappa shape index (κ2) is 11.1. The zero-order chi connectivity index (χ0) is 36.8. The van der Waals surface area contributed by atoms with Crippen LogP contribution in [0.15, 0.2) is 76.2 Å². The van der Waals surface area contributed by atoms with E-state index < -0.39 is 126 Å². The van der Waals surface area contributed by atoms with Gasteiger partial charge in [0.25, 0.3) is 0 Å². The van der Waals surface area contributed by atoms with Crippen molar-refractivity contribution in [2.45, 2.75) is 30.9 Å². The van der Waals surface area contributed by atoms with E-state index in [4.69, 9.17) is 8.83 Å². The third-order valence-corrected chi connectivity index (χ3v) is 7.48. The van der Waals surface area contributed by atoms with Crippen molar-refractivity contribution in [3.05, 3.63) is 95.2 Å². The van der Waals surface area contributed by atoms with E-state index in [9.17, 15) is 65.9 Å². The first-order chi connectivity index (χ1) is 23.0. The fraction of sp³-hybridized carbons (Fsp3) is 0.161. The van der Waals surface area contributed by atoms with Crippen LogP contribution < -0.4 is 0 Å². The van der Waals surface area contributed by atoms with Crippen LogP contribution in [0.3, 0.4) is 0 Å². The summed E-state index contributed by atoms with van der Waals surface area (Å²) in [6.07, 6.45) is -26.6. The van der Waals surface area contributed by atoms with Crippen molar-refractivity contribution in [1.29, 1.82) is 0 Å². The molecule has 0 saturated carbocycles. The molecule has 6 aromatic rings. The molecule has 4 aromatic carbocycles. The first-order valence-corrected chi connectivity index (χ1v) is 13.4. The summed E-state index contributed by atoms with van der Waals surface area (Å²) in [6, 6.07) is 2.60. The average Bonchev–Trinajstić information content (AvgIpc) is 3.67. The molecule has 50 heavy (non-hydrogen) atoms. The zero-order valence-electron chi connectivity index (χ0n) is 23.7. The summed E-state index contributed by atoms with van der Waals surface area (Å²) >= 11 is 0. The van der Waals surface area contributed by atoms with E-state index >= 15 is 0 Å². The van der Waals surface area contributed by atoms with Gasteiger partial charge in [0, 0.05) is 5.56 Å². The van der Waals surface area contributed by atoms with Gasteiger partial charge < -0.3 is 8.83 Å². The van der Waals surface area contributed by atoms with Crippen molar-refractivity contribution in [3.63, 3.8) is 0 Å². The molecule has 0 aliphatic carbocycles. The SMILES string of the molecule is FC(F)(F)c1cc(-c2c(-c3c4ncoc4c(-c4ccccc4C(F)(F)F)c4ncoc34)cc(C(F)(F)F)cc2C(F)(F)F)cc(C(F)(F)F)c1. The molecule has 4 nitrogen and oxygen atoms in total. The Bertz CT molecular complexity index is 2180. The molecule has 0 aliphatic heterocycles. The van der Waals surface area contributed by atoms with Crippen LogP contribution in [0.1, 0.15) is 27.8 Å². The lowest BCUT2D eigenvalue weighted by molar-refractivity contribution is -0.144. The van der Waals surface area contributed by atoms with E-state index in [1.807, 2.05) is 0 Å². The Hall–Kier alpha value is -5.23. The molecule has 0 bridgehead atoms. The van der Waals surface area contributed by atoms with Gasteiger partial charge in [0.2, 0.25) is 0 Å². The van der Waals surface area contributed by atoms with Crippen molar-refractivity contribution in [2.75, 3.05) is 0 Å². The van der Waals surface area contributed by atoms with Gasteiger partial charge in [-0.3, -0.25) is 0 Å². The Morgan fingerprint density at radius 1 is 0.420 bits per heavy atom.